The number of halogens is 1. The zero-order valence-corrected chi connectivity index (χ0v) is 15.5. The topological polar surface area (TPSA) is 12.5 Å². The van der Waals surface area contributed by atoms with Gasteiger partial charge in [0.25, 0.3) is 0 Å². The van der Waals surface area contributed by atoms with E-state index in [0.29, 0.717) is 5.92 Å². The molecule has 3 rings (SSSR count). The van der Waals surface area contributed by atoms with Crippen LogP contribution in [0.5, 0.6) is 0 Å². The first-order valence-electron chi connectivity index (χ1n) is 8.61. The number of nitrogens with zero attached hydrogens (tertiary/aromatic N) is 1. The van der Waals surface area contributed by atoms with Crippen molar-refractivity contribution in [3.8, 4) is 0 Å². The van der Waals surface area contributed by atoms with Gasteiger partial charge in [-0.25, -0.2) is 0 Å². The Labute approximate surface area is 150 Å². The number of hydrogen-bond acceptors (Lipinski definition) is 2. The maximum Gasteiger partial charge on any atom is 0.0602 e. The zero-order chi connectivity index (χ0) is 17.2. The van der Waals surface area contributed by atoms with Crippen LogP contribution >= 0.6 is 11.6 Å². The normalized spacial score (nSPS) is 17.5. The summed E-state index contributed by atoms with van der Waals surface area (Å²) in [6.07, 6.45) is 0. The van der Waals surface area contributed by atoms with Crippen LogP contribution in [0.3, 0.4) is 0 Å². The van der Waals surface area contributed by atoms with Crippen molar-refractivity contribution in [2.45, 2.75) is 32.4 Å². The molecule has 128 valence electrons. The summed E-state index contributed by atoms with van der Waals surface area (Å²) in [5.74, 6) is 0.606. The molecule has 1 atom stereocenters. The molecule has 0 saturated carbocycles. The molecule has 1 fully saturated rings. The van der Waals surface area contributed by atoms with Crippen molar-refractivity contribution in [1.82, 2.24) is 4.90 Å². The van der Waals surface area contributed by atoms with E-state index in [-0.39, 0.29) is 11.6 Å². The van der Waals surface area contributed by atoms with Gasteiger partial charge >= 0.3 is 0 Å². The molecule has 1 aliphatic rings. The van der Waals surface area contributed by atoms with Gasteiger partial charge in [-0.1, -0.05) is 54.1 Å². The molecule has 1 unspecified atom stereocenters. The van der Waals surface area contributed by atoms with Crippen LogP contribution in [0.2, 0.25) is 5.02 Å². The molecule has 0 amide bonds. The Kier molecular flexibility index (Phi) is 5.29. The van der Waals surface area contributed by atoms with E-state index in [1.807, 2.05) is 12.1 Å². The van der Waals surface area contributed by atoms with Crippen molar-refractivity contribution in [2.75, 3.05) is 19.7 Å². The fourth-order valence-corrected chi connectivity index (χ4v) is 3.42. The third-order valence-electron chi connectivity index (χ3n) is 4.38. The molecule has 0 bridgehead atoms. The van der Waals surface area contributed by atoms with Gasteiger partial charge in [-0.2, -0.15) is 0 Å². The average Bonchev–Trinajstić information content (AvgIpc) is 2.49. The maximum atomic E-state index is 6.23. The summed E-state index contributed by atoms with van der Waals surface area (Å²) >= 11 is 6.23. The highest BCUT2D eigenvalue weighted by atomic mass is 35.5. The molecule has 0 N–H and O–H groups in total. The molecule has 0 aliphatic carbocycles. The lowest BCUT2D eigenvalue weighted by Gasteiger charge is -2.45. The Morgan fingerprint density at radius 2 is 1.71 bits per heavy atom. The second kappa shape index (κ2) is 7.26. The maximum absolute atomic E-state index is 6.23. The van der Waals surface area contributed by atoms with Crippen LogP contribution in [0.4, 0.5) is 0 Å². The molecule has 24 heavy (non-hydrogen) atoms. The number of rotatable bonds is 5. The smallest absolute Gasteiger partial charge is 0.0602 e. The lowest BCUT2D eigenvalue weighted by Crippen LogP contribution is -2.51. The number of ether oxygens (including phenoxy) is 1. The van der Waals surface area contributed by atoms with Crippen molar-refractivity contribution in [1.29, 1.82) is 0 Å². The molecule has 1 heterocycles. The molecule has 1 aliphatic heterocycles. The second-order valence-electron chi connectivity index (χ2n) is 7.61. The first-order valence-corrected chi connectivity index (χ1v) is 8.98. The molecular weight excluding hydrogens is 318 g/mol. The standard InChI is InChI=1S/C21H26ClNO/c1-21(2,3)24-15-16-13-23(14-16)20(17-8-5-4-6-9-17)18-10-7-11-19(22)12-18/h4-12,16,20H,13-15H2,1-3H3. The van der Waals surface area contributed by atoms with E-state index in [0.717, 1.165) is 24.7 Å². The molecule has 1 saturated heterocycles. The van der Waals surface area contributed by atoms with Crippen LogP contribution in [0.25, 0.3) is 0 Å². The Bertz CT molecular complexity index is 659. The van der Waals surface area contributed by atoms with Gasteiger partial charge in [-0.3, -0.25) is 4.90 Å². The lowest BCUT2D eigenvalue weighted by atomic mass is 9.90. The van der Waals surface area contributed by atoms with Crippen molar-refractivity contribution in [2.24, 2.45) is 5.92 Å². The van der Waals surface area contributed by atoms with Gasteiger partial charge in [-0.15, -0.1) is 0 Å². The summed E-state index contributed by atoms with van der Waals surface area (Å²) < 4.78 is 5.94. The fraction of sp³-hybridized carbons (Fsp3) is 0.429. The Hall–Kier alpha value is -1.35. The van der Waals surface area contributed by atoms with Crippen LogP contribution in [-0.2, 0) is 4.74 Å². The van der Waals surface area contributed by atoms with Gasteiger partial charge in [0.2, 0.25) is 0 Å². The Morgan fingerprint density at radius 1 is 1.04 bits per heavy atom. The third kappa shape index (κ3) is 4.38. The van der Waals surface area contributed by atoms with Crippen LogP contribution in [0, 0.1) is 5.92 Å². The van der Waals surface area contributed by atoms with E-state index in [2.05, 4.69) is 68.1 Å². The number of likely N-dealkylation sites (tertiary alicyclic amines) is 1. The highest BCUT2D eigenvalue weighted by molar-refractivity contribution is 6.30. The van der Waals surface area contributed by atoms with E-state index < -0.39 is 0 Å². The summed E-state index contributed by atoms with van der Waals surface area (Å²) in [5, 5.41) is 0.793. The molecule has 2 aromatic rings. The Balaban J connectivity index is 1.73. The van der Waals surface area contributed by atoms with E-state index in [1.54, 1.807) is 0 Å². The third-order valence-corrected chi connectivity index (χ3v) is 4.62. The minimum absolute atomic E-state index is 0.0633. The monoisotopic (exact) mass is 343 g/mol. The van der Waals surface area contributed by atoms with Gasteiger partial charge in [0.05, 0.1) is 18.2 Å². The van der Waals surface area contributed by atoms with Crippen LogP contribution < -0.4 is 0 Å². The highest BCUT2D eigenvalue weighted by Gasteiger charge is 2.34. The summed E-state index contributed by atoms with van der Waals surface area (Å²) in [7, 11) is 0. The van der Waals surface area contributed by atoms with Gasteiger partial charge in [0, 0.05) is 24.0 Å². The SMILES string of the molecule is CC(C)(C)OCC1CN(C(c2ccccc2)c2cccc(Cl)c2)C1. The van der Waals surface area contributed by atoms with E-state index in [4.69, 9.17) is 16.3 Å². The molecule has 0 radical (unpaired) electrons. The number of benzene rings is 2. The quantitative estimate of drug-likeness (QED) is 0.742. The van der Waals surface area contributed by atoms with Crippen molar-refractivity contribution in [3.05, 3.63) is 70.7 Å². The van der Waals surface area contributed by atoms with Gasteiger partial charge in [0.15, 0.2) is 0 Å². The largest absolute Gasteiger partial charge is 0.375 e. The molecule has 3 heteroatoms. The highest BCUT2D eigenvalue weighted by Crippen LogP contribution is 2.35. The molecular formula is C21H26ClNO. The number of hydrogen-bond donors (Lipinski definition) is 0. The van der Waals surface area contributed by atoms with Gasteiger partial charge in [0.1, 0.15) is 0 Å². The van der Waals surface area contributed by atoms with E-state index in [9.17, 15) is 0 Å². The first kappa shape index (κ1) is 17.5. The molecule has 0 spiro atoms. The molecule has 2 nitrogen and oxygen atoms in total. The first-order chi connectivity index (χ1) is 11.4. The van der Waals surface area contributed by atoms with E-state index >= 15 is 0 Å². The minimum atomic E-state index is -0.0633. The zero-order valence-electron chi connectivity index (χ0n) is 14.7. The van der Waals surface area contributed by atoms with Crippen LogP contribution in [0.15, 0.2) is 54.6 Å². The molecule has 0 aromatic heterocycles. The van der Waals surface area contributed by atoms with Crippen LogP contribution in [0.1, 0.15) is 37.9 Å². The van der Waals surface area contributed by atoms with E-state index in [1.165, 1.54) is 11.1 Å². The second-order valence-corrected chi connectivity index (χ2v) is 8.05. The summed E-state index contributed by atoms with van der Waals surface area (Å²) in [6.45, 7) is 9.29. The summed E-state index contributed by atoms with van der Waals surface area (Å²) in [4.78, 5) is 2.51. The predicted molar refractivity (Wildman–Crippen MR) is 101 cm³/mol. The molecule has 2 aromatic carbocycles. The van der Waals surface area contributed by atoms with Crippen molar-refractivity contribution in [3.63, 3.8) is 0 Å². The summed E-state index contributed by atoms with van der Waals surface area (Å²) in [5.41, 5.74) is 2.51. The predicted octanol–water partition coefficient (Wildman–Crippen LogP) is 5.18. The Morgan fingerprint density at radius 3 is 2.33 bits per heavy atom. The van der Waals surface area contributed by atoms with Crippen molar-refractivity contribution >= 4 is 11.6 Å². The van der Waals surface area contributed by atoms with Gasteiger partial charge in [-0.05, 0) is 44.0 Å². The van der Waals surface area contributed by atoms with Crippen molar-refractivity contribution < 1.29 is 4.74 Å². The fourth-order valence-electron chi connectivity index (χ4n) is 3.22. The van der Waals surface area contributed by atoms with Gasteiger partial charge < -0.3 is 4.74 Å². The summed E-state index contributed by atoms with van der Waals surface area (Å²) in [6, 6.07) is 19.1. The lowest BCUT2D eigenvalue weighted by molar-refractivity contribution is -0.0623. The minimum Gasteiger partial charge on any atom is -0.375 e. The average molecular weight is 344 g/mol. The van der Waals surface area contributed by atoms with Crippen LogP contribution in [-0.4, -0.2) is 30.2 Å².